The lowest BCUT2D eigenvalue weighted by atomic mass is 10.1. The number of aryl methyl sites for hydroxylation is 1. The smallest absolute Gasteiger partial charge is 0.263 e. The van der Waals surface area contributed by atoms with Crippen molar-refractivity contribution >= 4 is 22.6 Å². The molecule has 9 heteroatoms. The quantitative estimate of drug-likeness (QED) is 0.567. The Morgan fingerprint density at radius 2 is 1.80 bits per heavy atom. The molecule has 30 heavy (non-hydrogen) atoms. The van der Waals surface area contributed by atoms with E-state index in [0.29, 0.717) is 5.56 Å². The Hall–Kier alpha value is -3.17. The molecule has 0 radical (unpaired) electrons. The molecule has 0 saturated carbocycles. The molecule has 0 spiro atoms. The van der Waals surface area contributed by atoms with Crippen molar-refractivity contribution in [2.45, 2.75) is 18.2 Å². The minimum absolute atomic E-state index is 0.0187. The van der Waals surface area contributed by atoms with Crippen molar-refractivity contribution < 1.29 is 26.9 Å². The molecule has 0 heterocycles. The largest absolute Gasteiger partial charge is 0.456 e. The lowest BCUT2D eigenvalue weighted by Gasteiger charge is -2.15. The van der Waals surface area contributed by atoms with Crippen LogP contribution in [0.2, 0.25) is 0 Å². The van der Waals surface area contributed by atoms with Gasteiger partial charge >= 0.3 is 0 Å². The number of amides is 1. The van der Waals surface area contributed by atoms with Crippen LogP contribution in [0.5, 0.6) is 11.5 Å². The second kappa shape index (κ2) is 9.10. The van der Waals surface area contributed by atoms with Crippen molar-refractivity contribution in [1.29, 1.82) is 0 Å². The fourth-order valence-electron chi connectivity index (χ4n) is 2.69. The number of rotatable bonds is 6. The zero-order valence-corrected chi connectivity index (χ0v) is 16.5. The average molecular weight is 434 g/mol. The topological polar surface area (TPSA) is 81.4 Å². The summed E-state index contributed by atoms with van der Waals surface area (Å²) in [5.41, 5.74) is 0.246. The maximum atomic E-state index is 13.3. The maximum absolute atomic E-state index is 13.3. The van der Waals surface area contributed by atoms with E-state index in [1.54, 1.807) is 13.0 Å². The van der Waals surface area contributed by atoms with E-state index in [9.17, 15) is 22.2 Å². The highest BCUT2D eigenvalue weighted by Gasteiger charge is 2.19. The predicted octanol–water partition coefficient (Wildman–Crippen LogP) is 5.10. The summed E-state index contributed by atoms with van der Waals surface area (Å²) < 4.78 is 56.8. The first-order valence-corrected chi connectivity index (χ1v) is 9.89. The van der Waals surface area contributed by atoms with Gasteiger partial charge in [-0.05, 0) is 67.1 Å². The minimum Gasteiger partial charge on any atom is -0.456 e. The zero-order valence-electron chi connectivity index (χ0n) is 15.7. The van der Waals surface area contributed by atoms with E-state index in [4.69, 9.17) is 9.88 Å². The first-order chi connectivity index (χ1) is 14.2. The monoisotopic (exact) mass is 434 g/mol. The summed E-state index contributed by atoms with van der Waals surface area (Å²) in [6.45, 7) is 1.62. The van der Waals surface area contributed by atoms with Crippen LogP contribution in [-0.4, -0.2) is 10.1 Å². The number of anilines is 1. The van der Waals surface area contributed by atoms with Gasteiger partial charge in [-0.25, -0.2) is 22.5 Å². The van der Waals surface area contributed by atoms with Gasteiger partial charge in [0.15, 0.2) is 0 Å². The molecule has 0 bridgehead atoms. The molecule has 0 saturated heterocycles. The molecular formula is C21H17F3N2O3S. The number of benzene rings is 3. The number of nitrogens with one attached hydrogen (secondary N) is 1. The lowest BCUT2D eigenvalue weighted by molar-refractivity contribution is 0.102. The molecule has 0 aliphatic heterocycles. The molecule has 1 atom stereocenters. The number of hydrogen-bond acceptors (Lipinski definition) is 3. The fraction of sp³-hybridized carbons (Fsp3) is 0.0952. The van der Waals surface area contributed by atoms with E-state index in [0.717, 1.165) is 12.1 Å². The Morgan fingerprint density at radius 3 is 2.47 bits per heavy atom. The molecule has 0 aliphatic rings. The van der Waals surface area contributed by atoms with Crippen molar-refractivity contribution in [3.63, 3.8) is 0 Å². The number of ether oxygens (including phenoxy) is 1. The van der Waals surface area contributed by atoms with Gasteiger partial charge in [-0.2, -0.15) is 0 Å². The van der Waals surface area contributed by atoms with Crippen molar-refractivity contribution in [3.05, 3.63) is 83.2 Å². The van der Waals surface area contributed by atoms with E-state index in [2.05, 4.69) is 5.32 Å². The van der Waals surface area contributed by atoms with Crippen LogP contribution in [0.3, 0.4) is 0 Å². The molecule has 0 aliphatic carbocycles. The van der Waals surface area contributed by atoms with Crippen LogP contribution < -0.4 is 15.2 Å². The minimum atomic E-state index is -2.79. The van der Waals surface area contributed by atoms with Gasteiger partial charge < -0.3 is 10.1 Å². The Balaban J connectivity index is 1.96. The third kappa shape index (κ3) is 5.05. The highest BCUT2D eigenvalue weighted by atomic mass is 32.2. The standard InChI is InChI=1S/C21H17F3N2O3S/c1-12-9-14(22)6-8-18(12)29-19-7-5-13(20(23)24)10-17(19)21(27)26-15-3-2-4-16(11-15)30(25)28/h2-11,20H,25H2,1H3,(H,26,27). The van der Waals surface area contributed by atoms with Gasteiger partial charge in [0.25, 0.3) is 12.3 Å². The van der Waals surface area contributed by atoms with Crippen LogP contribution in [0.25, 0.3) is 0 Å². The van der Waals surface area contributed by atoms with Gasteiger partial charge in [0.2, 0.25) is 0 Å². The molecule has 1 unspecified atom stereocenters. The van der Waals surface area contributed by atoms with Gasteiger partial charge in [-0.1, -0.05) is 6.07 Å². The first-order valence-electron chi connectivity index (χ1n) is 8.68. The number of halogens is 3. The Kier molecular flexibility index (Phi) is 6.53. The molecular weight excluding hydrogens is 417 g/mol. The molecule has 156 valence electrons. The molecule has 3 N–H and O–H groups in total. The maximum Gasteiger partial charge on any atom is 0.263 e. The highest BCUT2D eigenvalue weighted by Crippen LogP contribution is 2.32. The van der Waals surface area contributed by atoms with Gasteiger partial charge in [0.05, 0.1) is 10.5 Å². The molecule has 5 nitrogen and oxygen atoms in total. The summed E-state index contributed by atoms with van der Waals surface area (Å²) in [4.78, 5) is 13.1. The van der Waals surface area contributed by atoms with Gasteiger partial charge in [0, 0.05) is 11.3 Å². The summed E-state index contributed by atoms with van der Waals surface area (Å²) >= 11 is 0. The molecule has 3 aromatic rings. The Morgan fingerprint density at radius 1 is 1.07 bits per heavy atom. The third-order valence-corrected chi connectivity index (χ3v) is 4.90. The summed E-state index contributed by atoms with van der Waals surface area (Å²) in [5.74, 6) is -0.879. The number of carbonyl (C=O) groups is 1. The number of hydrogen-bond donors (Lipinski definition) is 2. The Bertz CT molecular complexity index is 1120. The molecule has 0 aromatic heterocycles. The summed E-state index contributed by atoms with van der Waals surface area (Å²) in [6, 6.07) is 13.3. The number of carbonyl (C=O) groups excluding carboxylic acids is 1. The van der Waals surface area contributed by atoms with E-state index >= 15 is 0 Å². The number of alkyl halides is 2. The fourth-order valence-corrected chi connectivity index (χ4v) is 3.15. The van der Waals surface area contributed by atoms with Crippen LogP contribution >= 0.6 is 0 Å². The van der Waals surface area contributed by atoms with E-state index in [1.807, 2.05) is 0 Å². The molecule has 3 rings (SSSR count). The Labute approximate surface area is 173 Å². The molecule has 3 aromatic carbocycles. The number of nitrogens with two attached hydrogens (primary N) is 1. The SMILES string of the molecule is Cc1cc(F)ccc1Oc1ccc(C(F)F)cc1C(=O)Nc1cccc(S(N)=O)c1. The van der Waals surface area contributed by atoms with Crippen LogP contribution in [0.15, 0.2) is 65.6 Å². The van der Waals surface area contributed by atoms with E-state index in [1.165, 1.54) is 42.5 Å². The second-order valence-corrected chi connectivity index (χ2v) is 7.41. The zero-order chi connectivity index (χ0) is 21.8. The predicted molar refractivity (Wildman–Crippen MR) is 108 cm³/mol. The summed E-state index contributed by atoms with van der Waals surface area (Å²) in [7, 11) is -1.75. The van der Waals surface area contributed by atoms with Crippen molar-refractivity contribution in [3.8, 4) is 11.5 Å². The lowest BCUT2D eigenvalue weighted by Crippen LogP contribution is -2.14. The normalized spacial score (nSPS) is 11.9. The second-order valence-electron chi connectivity index (χ2n) is 6.35. The van der Waals surface area contributed by atoms with Crippen LogP contribution in [-0.2, 0) is 11.0 Å². The highest BCUT2D eigenvalue weighted by molar-refractivity contribution is 7.82. The van der Waals surface area contributed by atoms with Crippen LogP contribution in [0.1, 0.15) is 27.9 Å². The van der Waals surface area contributed by atoms with Gasteiger partial charge in [-0.3, -0.25) is 4.79 Å². The summed E-state index contributed by atoms with van der Waals surface area (Å²) in [6.07, 6.45) is -2.79. The molecule has 1 amide bonds. The van der Waals surface area contributed by atoms with Crippen molar-refractivity contribution in [2.75, 3.05) is 5.32 Å². The van der Waals surface area contributed by atoms with Gasteiger partial charge in [0.1, 0.15) is 28.3 Å². The van der Waals surface area contributed by atoms with Crippen LogP contribution in [0, 0.1) is 12.7 Å². The average Bonchev–Trinajstić information content (AvgIpc) is 2.70. The van der Waals surface area contributed by atoms with Crippen molar-refractivity contribution in [1.82, 2.24) is 0 Å². The van der Waals surface area contributed by atoms with Crippen molar-refractivity contribution in [2.24, 2.45) is 5.14 Å². The van der Waals surface area contributed by atoms with Gasteiger partial charge in [-0.15, -0.1) is 0 Å². The third-order valence-electron chi connectivity index (χ3n) is 4.18. The summed E-state index contributed by atoms with van der Waals surface area (Å²) in [5, 5.41) is 7.90. The van der Waals surface area contributed by atoms with E-state index < -0.39 is 29.1 Å². The molecule has 0 fully saturated rings. The van der Waals surface area contributed by atoms with E-state index in [-0.39, 0.29) is 33.2 Å². The van der Waals surface area contributed by atoms with Crippen LogP contribution in [0.4, 0.5) is 18.9 Å². The first kappa shape index (κ1) is 21.5.